The number of carbonyl (C=O) groups is 1. The number of allylic oxidation sites excluding steroid dienone is 1. The first-order valence-electron chi connectivity index (χ1n) is 5.96. The molecule has 104 valence electrons. The smallest absolute Gasteiger partial charge is 0.345 e. The first kappa shape index (κ1) is 15.5. The molecule has 0 aromatic carbocycles. The lowest BCUT2D eigenvalue weighted by Crippen LogP contribution is -2.30. The van der Waals surface area contributed by atoms with Crippen molar-refractivity contribution in [2.45, 2.75) is 31.5 Å². The van der Waals surface area contributed by atoms with E-state index < -0.39 is 5.97 Å². The Bertz CT molecular complexity index is 523. The molecule has 0 saturated heterocycles. The zero-order valence-corrected chi connectivity index (χ0v) is 12.2. The third-order valence-electron chi connectivity index (χ3n) is 2.43. The van der Waals surface area contributed by atoms with Crippen LogP contribution < -0.4 is 5.56 Å². The summed E-state index contributed by atoms with van der Waals surface area (Å²) in [5, 5.41) is 0.606. The van der Waals surface area contributed by atoms with Gasteiger partial charge in [0.2, 0.25) is 0 Å². The summed E-state index contributed by atoms with van der Waals surface area (Å²) in [4.78, 5) is 27.9. The summed E-state index contributed by atoms with van der Waals surface area (Å²) in [7, 11) is 1.24. The van der Waals surface area contributed by atoms with Crippen LogP contribution >= 0.6 is 11.8 Å². The number of methoxy groups -OCH3 is 1. The molecule has 0 amide bonds. The average Bonchev–Trinajstić information content (AvgIpc) is 2.38. The highest BCUT2D eigenvalue weighted by molar-refractivity contribution is 7.99. The monoisotopic (exact) mass is 282 g/mol. The van der Waals surface area contributed by atoms with Crippen LogP contribution in [0, 0.1) is 0 Å². The zero-order chi connectivity index (χ0) is 14.4. The van der Waals surface area contributed by atoms with Crippen LogP contribution in [0.1, 0.15) is 36.7 Å². The Morgan fingerprint density at radius 1 is 1.63 bits per heavy atom. The van der Waals surface area contributed by atoms with Crippen LogP contribution in [0.5, 0.6) is 0 Å². The lowest BCUT2D eigenvalue weighted by Gasteiger charge is -2.15. The van der Waals surface area contributed by atoms with Gasteiger partial charge in [0.05, 0.1) is 13.3 Å². The van der Waals surface area contributed by atoms with Crippen LogP contribution in [0.4, 0.5) is 0 Å². The summed E-state index contributed by atoms with van der Waals surface area (Å²) < 4.78 is 6.09. The first-order chi connectivity index (χ1) is 9.02. The second-order valence-electron chi connectivity index (χ2n) is 4.14. The molecular formula is C13H18N2O3S. The van der Waals surface area contributed by atoms with Crippen LogP contribution in [0.2, 0.25) is 0 Å². The standard InChI is InChI=1S/C13H18N2O3S/c1-5-6-7-19-13-14-8-10(12(17)18-4)11(16)15(13)9(2)3/h5,8-9H,1,6-7H2,2-4H3. The number of nitrogens with zero attached hydrogens (tertiary/aromatic N) is 2. The lowest BCUT2D eigenvalue weighted by molar-refractivity contribution is 0.0596. The van der Waals surface area contributed by atoms with E-state index in [-0.39, 0.29) is 17.2 Å². The summed E-state index contributed by atoms with van der Waals surface area (Å²) in [6, 6.07) is -0.0733. The Balaban J connectivity index is 3.20. The normalized spacial score (nSPS) is 10.5. The fourth-order valence-electron chi connectivity index (χ4n) is 1.50. The summed E-state index contributed by atoms with van der Waals surface area (Å²) in [6.45, 7) is 7.41. The number of ether oxygens (including phenoxy) is 1. The van der Waals surface area contributed by atoms with Crippen molar-refractivity contribution in [3.8, 4) is 0 Å². The molecule has 0 N–H and O–H groups in total. The predicted molar refractivity (Wildman–Crippen MR) is 75.8 cm³/mol. The summed E-state index contributed by atoms with van der Waals surface area (Å²) in [5.74, 6) is 0.134. The minimum Gasteiger partial charge on any atom is -0.465 e. The SMILES string of the molecule is C=CCCSc1ncc(C(=O)OC)c(=O)n1C(C)C. The first-order valence-corrected chi connectivity index (χ1v) is 6.95. The Hall–Kier alpha value is -1.56. The second kappa shape index (κ2) is 7.13. The number of hydrogen-bond acceptors (Lipinski definition) is 5. The molecule has 0 radical (unpaired) electrons. The highest BCUT2D eigenvalue weighted by atomic mass is 32.2. The van der Waals surface area contributed by atoms with Crippen molar-refractivity contribution in [3.63, 3.8) is 0 Å². The van der Waals surface area contributed by atoms with Gasteiger partial charge in [-0.1, -0.05) is 17.8 Å². The molecule has 19 heavy (non-hydrogen) atoms. The number of esters is 1. The lowest BCUT2D eigenvalue weighted by atomic mass is 10.3. The topological polar surface area (TPSA) is 61.2 Å². The molecule has 6 heteroatoms. The molecule has 0 aliphatic rings. The molecule has 1 aromatic heterocycles. The van der Waals surface area contributed by atoms with E-state index >= 15 is 0 Å². The predicted octanol–water partition coefficient (Wildman–Crippen LogP) is 2.28. The van der Waals surface area contributed by atoms with E-state index in [0.717, 1.165) is 12.2 Å². The molecule has 0 bridgehead atoms. The minimum atomic E-state index is -0.658. The van der Waals surface area contributed by atoms with Gasteiger partial charge in [-0.15, -0.1) is 6.58 Å². The molecule has 0 atom stereocenters. The van der Waals surface area contributed by atoms with E-state index in [1.54, 1.807) is 0 Å². The van der Waals surface area contributed by atoms with Gasteiger partial charge in [0, 0.05) is 11.8 Å². The number of thioether (sulfide) groups is 1. The fraction of sp³-hybridized carbons (Fsp3) is 0.462. The molecule has 1 rings (SSSR count). The molecule has 0 aliphatic heterocycles. The van der Waals surface area contributed by atoms with Gasteiger partial charge in [-0.3, -0.25) is 9.36 Å². The molecule has 1 heterocycles. The number of carbonyl (C=O) groups excluding carboxylic acids is 1. The van der Waals surface area contributed by atoms with E-state index in [1.165, 1.54) is 29.6 Å². The van der Waals surface area contributed by atoms with Crippen molar-refractivity contribution in [1.82, 2.24) is 9.55 Å². The third kappa shape index (κ3) is 3.70. The van der Waals surface area contributed by atoms with Gasteiger partial charge in [0.25, 0.3) is 5.56 Å². The van der Waals surface area contributed by atoms with Gasteiger partial charge < -0.3 is 4.74 Å². The van der Waals surface area contributed by atoms with Crippen LogP contribution in [0.15, 0.2) is 28.8 Å². The maximum absolute atomic E-state index is 12.3. The molecule has 0 saturated carbocycles. The maximum atomic E-state index is 12.3. The highest BCUT2D eigenvalue weighted by Gasteiger charge is 2.18. The molecular weight excluding hydrogens is 264 g/mol. The van der Waals surface area contributed by atoms with E-state index in [0.29, 0.717) is 5.16 Å². The van der Waals surface area contributed by atoms with Gasteiger partial charge in [0.1, 0.15) is 5.56 Å². The molecule has 0 fully saturated rings. The Morgan fingerprint density at radius 2 is 2.32 bits per heavy atom. The van der Waals surface area contributed by atoms with Crippen LogP contribution in [-0.4, -0.2) is 28.4 Å². The minimum absolute atomic E-state index is 0.0377. The summed E-state index contributed by atoms with van der Waals surface area (Å²) in [6.07, 6.45) is 3.92. The van der Waals surface area contributed by atoms with Crippen molar-refractivity contribution < 1.29 is 9.53 Å². The summed E-state index contributed by atoms with van der Waals surface area (Å²) in [5.41, 5.74) is -0.401. The molecule has 1 aromatic rings. The fourth-order valence-corrected chi connectivity index (χ4v) is 2.53. The summed E-state index contributed by atoms with van der Waals surface area (Å²) >= 11 is 1.47. The molecule has 5 nitrogen and oxygen atoms in total. The highest BCUT2D eigenvalue weighted by Crippen LogP contribution is 2.18. The van der Waals surface area contributed by atoms with Gasteiger partial charge in [-0.25, -0.2) is 9.78 Å². The van der Waals surface area contributed by atoms with Crippen molar-refractivity contribution >= 4 is 17.7 Å². The third-order valence-corrected chi connectivity index (χ3v) is 3.43. The number of rotatable bonds is 6. The Kier molecular flexibility index (Phi) is 5.82. The zero-order valence-electron chi connectivity index (χ0n) is 11.4. The Morgan fingerprint density at radius 3 is 2.84 bits per heavy atom. The van der Waals surface area contributed by atoms with Crippen molar-refractivity contribution in [2.75, 3.05) is 12.9 Å². The molecule has 0 unspecified atom stereocenters. The van der Waals surface area contributed by atoms with Crippen LogP contribution in [0.3, 0.4) is 0 Å². The number of aromatic nitrogens is 2. The van der Waals surface area contributed by atoms with E-state index in [1.807, 2.05) is 19.9 Å². The van der Waals surface area contributed by atoms with E-state index in [9.17, 15) is 9.59 Å². The second-order valence-corrected chi connectivity index (χ2v) is 5.20. The van der Waals surface area contributed by atoms with Crippen molar-refractivity contribution in [2.24, 2.45) is 0 Å². The van der Waals surface area contributed by atoms with Crippen molar-refractivity contribution in [1.29, 1.82) is 0 Å². The quantitative estimate of drug-likeness (QED) is 0.263. The van der Waals surface area contributed by atoms with Gasteiger partial charge in [-0.2, -0.15) is 0 Å². The van der Waals surface area contributed by atoms with Gasteiger partial charge in [-0.05, 0) is 20.3 Å². The van der Waals surface area contributed by atoms with Crippen LogP contribution in [0.25, 0.3) is 0 Å². The average molecular weight is 282 g/mol. The van der Waals surface area contributed by atoms with Crippen molar-refractivity contribution in [3.05, 3.63) is 34.8 Å². The maximum Gasteiger partial charge on any atom is 0.345 e. The number of hydrogen-bond donors (Lipinski definition) is 0. The Labute approximate surface area is 116 Å². The molecule has 0 aliphatic carbocycles. The van der Waals surface area contributed by atoms with E-state index in [4.69, 9.17) is 0 Å². The van der Waals surface area contributed by atoms with Crippen LogP contribution in [-0.2, 0) is 4.74 Å². The van der Waals surface area contributed by atoms with Gasteiger partial charge in [0.15, 0.2) is 5.16 Å². The van der Waals surface area contributed by atoms with Gasteiger partial charge >= 0.3 is 5.97 Å². The largest absolute Gasteiger partial charge is 0.465 e. The van der Waals surface area contributed by atoms with E-state index in [2.05, 4.69) is 16.3 Å². The molecule has 0 spiro atoms.